The largest absolute Gasteiger partial charge is 0.314 e. The lowest BCUT2D eigenvalue weighted by atomic mass is 9.94. The van der Waals surface area contributed by atoms with E-state index in [1.807, 2.05) is 11.3 Å². The van der Waals surface area contributed by atoms with Crippen molar-refractivity contribution in [1.29, 1.82) is 0 Å². The molecule has 15 heavy (non-hydrogen) atoms. The minimum Gasteiger partial charge on any atom is -0.314 e. The van der Waals surface area contributed by atoms with Gasteiger partial charge in [-0.05, 0) is 49.1 Å². The first-order valence-electron chi connectivity index (χ1n) is 6.00. The SMILES string of the molecule is CCNC(CCc1cccs1)C1(C)CC1. The molecular formula is C13H21NS. The van der Waals surface area contributed by atoms with Crippen molar-refractivity contribution in [2.75, 3.05) is 6.54 Å². The van der Waals surface area contributed by atoms with Crippen LogP contribution in [0.2, 0.25) is 0 Å². The van der Waals surface area contributed by atoms with E-state index >= 15 is 0 Å². The standard InChI is InChI=1S/C13H21NS/c1-3-14-12(13(2)8-9-13)7-6-11-5-4-10-15-11/h4-5,10,12,14H,3,6-9H2,1-2H3. The summed E-state index contributed by atoms with van der Waals surface area (Å²) in [4.78, 5) is 1.53. The molecule has 0 spiro atoms. The summed E-state index contributed by atoms with van der Waals surface area (Å²) in [6, 6.07) is 5.13. The summed E-state index contributed by atoms with van der Waals surface area (Å²) in [6.07, 6.45) is 5.36. The maximum Gasteiger partial charge on any atom is 0.0124 e. The fourth-order valence-electron chi connectivity index (χ4n) is 2.23. The van der Waals surface area contributed by atoms with E-state index in [2.05, 4.69) is 36.7 Å². The van der Waals surface area contributed by atoms with Crippen molar-refractivity contribution in [3.63, 3.8) is 0 Å². The molecule has 1 aromatic heterocycles. The first-order chi connectivity index (χ1) is 7.24. The summed E-state index contributed by atoms with van der Waals surface area (Å²) >= 11 is 1.89. The molecular weight excluding hydrogens is 202 g/mol. The normalized spacial score (nSPS) is 20.1. The molecule has 1 aromatic rings. The van der Waals surface area contributed by atoms with Gasteiger partial charge in [0.2, 0.25) is 0 Å². The molecule has 0 aromatic carbocycles. The molecule has 2 heteroatoms. The summed E-state index contributed by atoms with van der Waals surface area (Å²) in [7, 11) is 0. The van der Waals surface area contributed by atoms with Gasteiger partial charge >= 0.3 is 0 Å². The van der Waals surface area contributed by atoms with Crippen molar-refractivity contribution in [2.45, 2.75) is 45.6 Å². The molecule has 1 aliphatic carbocycles. The average molecular weight is 223 g/mol. The number of nitrogens with one attached hydrogen (secondary N) is 1. The van der Waals surface area contributed by atoms with Crippen LogP contribution in [0.1, 0.15) is 38.0 Å². The number of rotatable bonds is 6. The Labute approximate surface area is 96.9 Å². The van der Waals surface area contributed by atoms with Crippen LogP contribution in [0.25, 0.3) is 0 Å². The van der Waals surface area contributed by atoms with E-state index < -0.39 is 0 Å². The number of aryl methyl sites for hydroxylation is 1. The molecule has 0 amide bonds. The summed E-state index contributed by atoms with van der Waals surface area (Å²) in [5, 5.41) is 5.83. The second-order valence-electron chi connectivity index (χ2n) is 4.88. The first-order valence-corrected chi connectivity index (χ1v) is 6.88. The Bertz CT molecular complexity index is 287. The zero-order valence-electron chi connectivity index (χ0n) is 9.75. The Morgan fingerprint density at radius 2 is 2.33 bits per heavy atom. The minimum absolute atomic E-state index is 0.604. The first kappa shape index (κ1) is 11.2. The second kappa shape index (κ2) is 4.67. The van der Waals surface area contributed by atoms with Gasteiger partial charge in [-0.1, -0.05) is 19.9 Å². The third-order valence-electron chi connectivity index (χ3n) is 3.59. The quantitative estimate of drug-likeness (QED) is 0.779. The Hall–Kier alpha value is -0.340. The Morgan fingerprint density at radius 3 is 2.87 bits per heavy atom. The van der Waals surface area contributed by atoms with Crippen LogP contribution < -0.4 is 5.32 Å². The summed E-state index contributed by atoms with van der Waals surface area (Å²) in [5.41, 5.74) is 0.604. The number of thiophene rings is 1. The highest BCUT2D eigenvalue weighted by atomic mass is 32.1. The van der Waals surface area contributed by atoms with E-state index in [0.717, 1.165) is 12.6 Å². The fourth-order valence-corrected chi connectivity index (χ4v) is 2.96. The van der Waals surface area contributed by atoms with E-state index in [1.54, 1.807) is 0 Å². The molecule has 84 valence electrons. The van der Waals surface area contributed by atoms with Crippen molar-refractivity contribution in [3.8, 4) is 0 Å². The van der Waals surface area contributed by atoms with Gasteiger partial charge < -0.3 is 5.32 Å². The molecule has 1 N–H and O–H groups in total. The Balaban J connectivity index is 1.84. The molecule has 0 bridgehead atoms. The molecule has 1 atom stereocenters. The van der Waals surface area contributed by atoms with Gasteiger partial charge in [0, 0.05) is 10.9 Å². The monoisotopic (exact) mass is 223 g/mol. The molecule has 0 aliphatic heterocycles. The lowest BCUT2D eigenvalue weighted by Gasteiger charge is -2.24. The smallest absolute Gasteiger partial charge is 0.0124 e. The molecule has 1 unspecified atom stereocenters. The van der Waals surface area contributed by atoms with Crippen LogP contribution >= 0.6 is 11.3 Å². The number of hydrogen-bond acceptors (Lipinski definition) is 2. The van der Waals surface area contributed by atoms with Gasteiger partial charge in [-0.3, -0.25) is 0 Å². The predicted molar refractivity (Wildman–Crippen MR) is 67.4 cm³/mol. The van der Waals surface area contributed by atoms with Gasteiger partial charge in [0.1, 0.15) is 0 Å². The molecule has 2 rings (SSSR count). The Morgan fingerprint density at radius 1 is 1.53 bits per heavy atom. The fraction of sp³-hybridized carbons (Fsp3) is 0.692. The van der Waals surface area contributed by atoms with Crippen molar-refractivity contribution >= 4 is 11.3 Å². The highest BCUT2D eigenvalue weighted by molar-refractivity contribution is 7.09. The van der Waals surface area contributed by atoms with Crippen molar-refractivity contribution in [1.82, 2.24) is 5.32 Å². The van der Waals surface area contributed by atoms with Gasteiger partial charge in [0.05, 0.1) is 0 Å². The second-order valence-corrected chi connectivity index (χ2v) is 5.91. The maximum atomic E-state index is 3.65. The van der Waals surface area contributed by atoms with Crippen molar-refractivity contribution in [2.24, 2.45) is 5.41 Å². The lowest BCUT2D eigenvalue weighted by Crippen LogP contribution is -2.36. The van der Waals surface area contributed by atoms with E-state index in [-0.39, 0.29) is 0 Å². The minimum atomic E-state index is 0.604. The maximum absolute atomic E-state index is 3.65. The molecule has 1 heterocycles. The third-order valence-corrected chi connectivity index (χ3v) is 4.53. The summed E-state index contributed by atoms with van der Waals surface area (Å²) in [6.45, 7) is 5.74. The van der Waals surface area contributed by atoms with Gasteiger partial charge in [-0.25, -0.2) is 0 Å². The van der Waals surface area contributed by atoms with Crippen LogP contribution in [0.4, 0.5) is 0 Å². The zero-order chi connectivity index (χ0) is 10.7. The zero-order valence-corrected chi connectivity index (χ0v) is 10.6. The van der Waals surface area contributed by atoms with Gasteiger partial charge in [-0.15, -0.1) is 11.3 Å². The van der Waals surface area contributed by atoms with Crippen LogP contribution in [0.3, 0.4) is 0 Å². The van der Waals surface area contributed by atoms with Crippen LogP contribution in [0.5, 0.6) is 0 Å². The van der Waals surface area contributed by atoms with Crippen LogP contribution in [0, 0.1) is 5.41 Å². The Kier molecular flexibility index (Phi) is 3.47. The van der Waals surface area contributed by atoms with Crippen molar-refractivity contribution in [3.05, 3.63) is 22.4 Å². The lowest BCUT2D eigenvalue weighted by molar-refractivity contribution is 0.344. The van der Waals surface area contributed by atoms with Crippen LogP contribution in [0.15, 0.2) is 17.5 Å². The van der Waals surface area contributed by atoms with Crippen LogP contribution in [-0.4, -0.2) is 12.6 Å². The molecule has 0 saturated heterocycles. The van der Waals surface area contributed by atoms with E-state index in [4.69, 9.17) is 0 Å². The molecule has 1 aliphatic rings. The highest BCUT2D eigenvalue weighted by Gasteiger charge is 2.43. The molecule has 1 nitrogen and oxygen atoms in total. The average Bonchev–Trinajstić information content (AvgIpc) is 2.80. The van der Waals surface area contributed by atoms with Crippen molar-refractivity contribution < 1.29 is 0 Å². The topological polar surface area (TPSA) is 12.0 Å². The number of hydrogen-bond donors (Lipinski definition) is 1. The van der Waals surface area contributed by atoms with E-state index in [0.29, 0.717) is 5.41 Å². The molecule has 1 fully saturated rings. The van der Waals surface area contributed by atoms with E-state index in [1.165, 1.54) is 30.6 Å². The predicted octanol–water partition coefficient (Wildman–Crippen LogP) is 3.46. The molecule has 1 saturated carbocycles. The summed E-state index contributed by atoms with van der Waals surface area (Å²) in [5.74, 6) is 0. The van der Waals surface area contributed by atoms with E-state index in [9.17, 15) is 0 Å². The van der Waals surface area contributed by atoms with Gasteiger partial charge in [0.25, 0.3) is 0 Å². The van der Waals surface area contributed by atoms with Gasteiger partial charge in [-0.2, -0.15) is 0 Å². The highest BCUT2D eigenvalue weighted by Crippen LogP contribution is 2.49. The molecule has 0 radical (unpaired) electrons. The third kappa shape index (κ3) is 2.82. The van der Waals surface area contributed by atoms with Gasteiger partial charge in [0.15, 0.2) is 0 Å². The van der Waals surface area contributed by atoms with Crippen LogP contribution in [-0.2, 0) is 6.42 Å². The summed E-state index contributed by atoms with van der Waals surface area (Å²) < 4.78 is 0.